The molecule has 0 bridgehead atoms. The molecule has 0 fully saturated rings. The van der Waals surface area contributed by atoms with Crippen molar-refractivity contribution in [3.05, 3.63) is 42.6 Å². The van der Waals surface area contributed by atoms with Crippen molar-refractivity contribution in [2.45, 2.75) is 4.87 Å². The molecule has 0 saturated heterocycles. The molecule has 1 aliphatic rings. The third-order valence-electron chi connectivity index (χ3n) is 2.19. The Morgan fingerprint density at radius 3 is 2.56 bits per heavy atom. The Morgan fingerprint density at radius 1 is 1.17 bits per heavy atom. The Labute approximate surface area is 109 Å². The van der Waals surface area contributed by atoms with Gasteiger partial charge in [0.05, 0.1) is 11.7 Å². The van der Waals surface area contributed by atoms with Gasteiger partial charge in [-0.15, -0.1) is 22.8 Å². The van der Waals surface area contributed by atoms with Crippen LogP contribution in [0.4, 0.5) is 0 Å². The van der Waals surface area contributed by atoms with Gasteiger partial charge in [-0.3, -0.25) is 9.78 Å². The molecule has 0 aliphatic carbocycles. The molecule has 0 amide bonds. The summed E-state index contributed by atoms with van der Waals surface area (Å²) in [5.41, 5.74) is 1.06. The number of benzene rings is 1. The van der Waals surface area contributed by atoms with E-state index in [0.717, 1.165) is 5.52 Å². The third-order valence-corrected chi connectivity index (χ3v) is 2.50. The minimum absolute atomic E-state index is 0.566. The molecular weight excluding hydrogens is 248 g/mol. The molecule has 2 heterocycles. The normalized spacial score (nSPS) is 20.5. The number of hydrogen-bond acceptors (Lipinski definition) is 6. The predicted molar refractivity (Wildman–Crippen MR) is 72.9 cm³/mol. The van der Waals surface area contributed by atoms with Gasteiger partial charge in [0, 0.05) is 11.6 Å². The molecule has 1 aromatic carbocycles. The van der Waals surface area contributed by atoms with Crippen molar-refractivity contribution in [3.63, 3.8) is 0 Å². The number of rotatable bonds is 1. The maximum absolute atomic E-state index is 10.0. The van der Waals surface area contributed by atoms with E-state index in [4.69, 9.17) is 0 Å². The monoisotopic (exact) mass is 258 g/mol. The van der Waals surface area contributed by atoms with E-state index in [2.05, 4.69) is 45.2 Å². The topological polar surface area (TPSA) is 67.0 Å². The molecule has 1 unspecified atom stereocenters. The van der Waals surface area contributed by atoms with Crippen LogP contribution in [0, 0.1) is 0 Å². The van der Waals surface area contributed by atoms with E-state index < -0.39 is 4.87 Å². The van der Waals surface area contributed by atoms with Gasteiger partial charge in [-0.25, -0.2) is 0 Å². The molecule has 90 valence electrons. The van der Waals surface area contributed by atoms with E-state index in [1.54, 1.807) is 0 Å². The van der Waals surface area contributed by atoms with Crippen LogP contribution in [-0.4, -0.2) is 22.4 Å². The van der Waals surface area contributed by atoms with Crippen molar-refractivity contribution >= 4 is 36.0 Å². The van der Waals surface area contributed by atoms with Crippen LogP contribution in [0.25, 0.3) is 10.9 Å². The van der Waals surface area contributed by atoms with Crippen molar-refractivity contribution in [2.24, 2.45) is 15.4 Å². The third kappa shape index (κ3) is 2.98. The molecule has 0 saturated carbocycles. The molecule has 1 atom stereocenters. The quantitative estimate of drug-likeness (QED) is 0.630. The lowest BCUT2D eigenvalue weighted by molar-refractivity contribution is -0.108. The number of carbonyl (C=O) groups is 1. The van der Waals surface area contributed by atoms with Crippen LogP contribution >= 0.6 is 12.6 Å². The van der Waals surface area contributed by atoms with Gasteiger partial charge >= 0.3 is 0 Å². The lowest BCUT2D eigenvalue weighted by Crippen LogP contribution is -2.18. The first-order valence-corrected chi connectivity index (χ1v) is 5.63. The first-order valence-electron chi connectivity index (χ1n) is 5.18. The Balaban J connectivity index is 0.000000138. The van der Waals surface area contributed by atoms with Gasteiger partial charge in [-0.1, -0.05) is 24.3 Å². The SMILES string of the molecule is O=CC1(S)C=NN=N1.c1ccc2ncccc2c1. The van der Waals surface area contributed by atoms with E-state index >= 15 is 0 Å². The number of aldehydes is 1. The van der Waals surface area contributed by atoms with Crippen LogP contribution in [0.1, 0.15) is 0 Å². The second-order valence-electron chi connectivity index (χ2n) is 3.53. The summed E-state index contributed by atoms with van der Waals surface area (Å²) in [5, 5.41) is 11.1. The zero-order chi connectivity index (χ0) is 12.8. The second kappa shape index (κ2) is 5.50. The Hall–Kier alpha value is -2.08. The zero-order valence-corrected chi connectivity index (χ0v) is 10.2. The highest BCUT2D eigenvalue weighted by Gasteiger charge is 2.24. The molecule has 0 radical (unpaired) electrons. The van der Waals surface area contributed by atoms with E-state index in [1.807, 2.05) is 30.5 Å². The van der Waals surface area contributed by atoms with E-state index in [1.165, 1.54) is 11.6 Å². The fourth-order valence-electron chi connectivity index (χ4n) is 1.30. The largest absolute Gasteiger partial charge is 0.299 e. The Kier molecular flexibility index (Phi) is 3.78. The predicted octanol–water partition coefficient (Wildman–Crippen LogP) is 2.50. The maximum atomic E-state index is 10.0. The van der Waals surface area contributed by atoms with Crippen LogP contribution < -0.4 is 0 Å². The summed E-state index contributed by atoms with van der Waals surface area (Å²) < 4.78 is 0. The average molecular weight is 258 g/mol. The second-order valence-corrected chi connectivity index (χ2v) is 4.25. The first kappa shape index (κ1) is 12.4. The summed E-state index contributed by atoms with van der Waals surface area (Å²) >= 11 is 3.80. The molecule has 3 rings (SSSR count). The van der Waals surface area contributed by atoms with Crippen LogP contribution in [0.5, 0.6) is 0 Å². The molecule has 0 spiro atoms. The molecule has 2 aromatic rings. The Morgan fingerprint density at radius 2 is 1.94 bits per heavy atom. The lowest BCUT2D eigenvalue weighted by Gasteiger charge is -1.99. The first-order chi connectivity index (χ1) is 8.73. The summed E-state index contributed by atoms with van der Waals surface area (Å²) in [5.74, 6) is 0. The van der Waals surface area contributed by atoms with Crippen LogP contribution in [-0.2, 0) is 4.79 Å². The fraction of sp³-hybridized carbons (Fsp3) is 0.0833. The fourth-order valence-corrected chi connectivity index (χ4v) is 1.40. The van der Waals surface area contributed by atoms with Crippen LogP contribution in [0.2, 0.25) is 0 Å². The summed E-state index contributed by atoms with van der Waals surface area (Å²) in [6.07, 6.45) is 3.64. The van der Waals surface area contributed by atoms with E-state index in [9.17, 15) is 4.79 Å². The minimum Gasteiger partial charge on any atom is -0.299 e. The van der Waals surface area contributed by atoms with Crippen LogP contribution in [0.15, 0.2) is 58.0 Å². The number of pyridine rings is 1. The van der Waals surface area contributed by atoms with E-state index in [-0.39, 0.29) is 0 Å². The maximum Gasteiger partial charge on any atom is 0.218 e. The summed E-state index contributed by atoms with van der Waals surface area (Å²) in [7, 11) is 0. The highest BCUT2D eigenvalue weighted by molar-refractivity contribution is 7.83. The van der Waals surface area contributed by atoms with Gasteiger partial charge in [-0.2, -0.15) is 0 Å². The number of para-hydroxylation sites is 1. The standard InChI is InChI=1S/C9H7N.C3H3N3OS/c1-2-6-9-8(4-1)5-3-7-10-9;7-2-3(8)1-4-6-5-3/h1-7H;1-2,8H. The molecule has 5 nitrogen and oxygen atoms in total. The van der Waals surface area contributed by atoms with Gasteiger partial charge in [0.15, 0.2) is 6.29 Å². The van der Waals surface area contributed by atoms with Crippen molar-refractivity contribution in [1.82, 2.24) is 4.98 Å². The molecule has 1 aliphatic heterocycles. The number of aromatic nitrogens is 1. The number of nitrogens with zero attached hydrogens (tertiary/aromatic N) is 4. The van der Waals surface area contributed by atoms with Crippen molar-refractivity contribution < 1.29 is 4.79 Å². The van der Waals surface area contributed by atoms with Crippen molar-refractivity contribution in [2.75, 3.05) is 0 Å². The van der Waals surface area contributed by atoms with Crippen molar-refractivity contribution in [3.8, 4) is 0 Å². The van der Waals surface area contributed by atoms with Gasteiger partial charge in [0.25, 0.3) is 0 Å². The molecule has 1 aromatic heterocycles. The number of fused-ring (bicyclic) bond motifs is 1. The van der Waals surface area contributed by atoms with Gasteiger partial charge < -0.3 is 0 Å². The van der Waals surface area contributed by atoms with Crippen molar-refractivity contribution in [1.29, 1.82) is 0 Å². The number of thiol groups is 1. The van der Waals surface area contributed by atoms with Gasteiger partial charge in [-0.05, 0) is 17.4 Å². The summed E-state index contributed by atoms with van der Waals surface area (Å²) in [4.78, 5) is 13.1. The summed E-state index contributed by atoms with van der Waals surface area (Å²) in [6.45, 7) is 0. The summed E-state index contributed by atoms with van der Waals surface area (Å²) in [6, 6.07) is 12.1. The van der Waals surface area contributed by atoms with E-state index in [0.29, 0.717) is 6.29 Å². The number of carbonyl (C=O) groups excluding carboxylic acids is 1. The van der Waals surface area contributed by atoms with Gasteiger partial charge in [0.2, 0.25) is 4.87 Å². The molecule has 0 N–H and O–H groups in total. The lowest BCUT2D eigenvalue weighted by atomic mass is 10.2. The minimum atomic E-state index is -1.08. The molecule has 18 heavy (non-hydrogen) atoms. The average Bonchev–Trinajstić information content (AvgIpc) is 2.87. The molecule has 6 heteroatoms. The highest BCUT2D eigenvalue weighted by Crippen LogP contribution is 2.14. The highest BCUT2D eigenvalue weighted by atomic mass is 32.1. The number of hydrogen-bond donors (Lipinski definition) is 1. The Bertz CT molecular complexity index is 534. The van der Waals surface area contributed by atoms with Gasteiger partial charge in [0.1, 0.15) is 0 Å². The van der Waals surface area contributed by atoms with Crippen LogP contribution in [0.3, 0.4) is 0 Å². The zero-order valence-electron chi connectivity index (χ0n) is 9.34. The molecular formula is C12H10N4OS. The smallest absolute Gasteiger partial charge is 0.218 e.